The van der Waals surface area contributed by atoms with Crippen molar-refractivity contribution in [3.8, 4) is 11.3 Å². The van der Waals surface area contributed by atoms with E-state index in [9.17, 15) is 9.90 Å². The first-order valence-electron chi connectivity index (χ1n) is 9.92. The minimum atomic E-state index is -0.906. The number of thiazole rings is 1. The number of thiophene rings is 1. The van der Waals surface area contributed by atoms with Gasteiger partial charge in [-0.3, -0.25) is 0 Å². The van der Waals surface area contributed by atoms with Gasteiger partial charge in [0.15, 0.2) is 0 Å². The van der Waals surface area contributed by atoms with Crippen molar-refractivity contribution in [2.24, 2.45) is 0 Å². The Morgan fingerprint density at radius 2 is 1.80 bits per heavy atom. The Kier molecular flexibility index (Phi) is 6.11. The number of carboxylic acids is 1. The van der Waals surface area contributed by atoms with Gasteiger partial charge in [0.1, 0.15) is 5.01 Å². The normalized spacial score (nSPS) is 12.2. The Bertz CT molecular complexity index is 1130. The molecule has 30 heavy (non-hydrogen) atoms. The maximum Gasteiger partial charge on any atom is 0.335 e. The lowest BCUT2D eigenvalue weighted by atomic mass is 9.94. The van der Waals surface area contributed by atoms with Crippen LogP contribution < -0.4 is 0 Å². The van der Waals surface area contributed by atoms with Crippen LogP contribution in [0.4, 0.5) is 0 Å². The van der Waals surface area contributed by atoms with Gasteiger partial charge >= 0.3 is 5.97 Å². The number of aromatic carboxylic acids is 1. The molecule has 0 aliphatic carbocycles. The largest absolute Gasteiger partial charge is 0.478 e. The number of rotatable bonds is 7. The van der Waals surface area contributed by atoms with Gasteiger partial charge in [-0.25, -0.2) is 9.78 Å². The number of carboxylic acid groups (broad SMARTS) is 1. The van der Waals surface area contributed by atoms with Crippen LogP contribution >= 0.6 is 22.7 Å². The van der Waals surface area contributed by atoms with Gasteiger partial charge < -0.3 is 5.11 Å². The second-order valence-electron chi connectivity index (χ2n) is 7.61. The molecule has 3 nitrogen and oxygen atoms in total. The molecule has 4 aromatic rings. The standard InChI is InChI=1S/C25H23NO2S2/c1-16(2)17-8-10-18(11-9-17)23-15-30-24(26-23)22(14-21-7-4-12-29-21)19-5-3-6-20(13-19)25(27)28/h3-13,15-16,22H,14H2,1-2H3,(H,27,28). The minimum Gasteiger partial charge on any atom is -0.478 e. The molecule has 0 aliphatic rings. The van der Waals surface area contributed by atoms with E-state index in [2.05, 4.69) is 54.9 Å². The molecule has 4 rings (SSSR count). The molecular weight excluding hydrogens is 410 g/mol. The SMILES string of the molecule is CC(C)c1ccc(-c2csc(C(Cc3cccs3)c3cccc(C(=O)O)c3)n2)cc1. The lowest BCUT2D eigenvalue weighted by Gasteiger charge is -2.15. The fraction of sp³-hybridized carbons (Fsp3) is 0.200. The average Bonchev–Trinajstić information content (AvgIpc) is 3.44. The van der Waals surface area contributed by atoms with E-state index < -0.39 is 5.97 Å². The van der Waals surface area contributed by atoms with Gasteiger partial charge in [0, 0.05) is 21.7 Å². The molecule has 1 N–H and O–H groups in total. The van der Waals surface area contributed by atoms with Crippen LogP contribution in [0.1, 0.15) is 57.1 Å². The summed E-state index contributed by atoms with van der Waals surface area (Å²) in [4.78, 5) is 17.7. The van der Waals surface area contributed by atoms with E-state index >= 15 is 0 Å². The van der Waals surface area contributed by atoms with Crippen LogP contribution in [-0.4, -0.2) is 16.1 Å². The van der Waals surface area contributed by atoms with E-state index in [1.54, 1.807) is 34.8 Å². The first-order chi connectivity index (χ1) is 14.5. The molecular formula is C25H23NO2S2. The van der Waals surface area contributed by atoms with Crippen molar-refractivity contribution >= 4 is 28.6 Å². The van der Waals surface area contributed by atoms with Gasteiger partial charge in [0.25, 0.3) is 0 Å². The first kappa shape index (κ1) is 20.5. The Balaban J connectivity index is 1.69. The van der Waals surface area contributed by atoms with Gasteiger partial charge in [-0.05, 0) is 47.0 Å². The van der Waals surface area contributed by atoms with E-state index in [0.717, 1.165) is 28.2 Å². The number of aromatic nitrogens is 1. The molecule has 0 amide bonds. The fourth-order valence-electron chi connectivity index (χ4n) is 3.49. The molecule has 1 unspecified atom stereocenters. The molecule has 0 bridgehead atoms. The summed E-state index contributed by atoms with van der Waals surface area (Å²) in [6.45, 7) is 4.38. The van der Waals surface area contributed by atoms with Crippen molar-refractivity contribution in [3.63, 3.8) is 0 Å². The number of carbonyl (C=O) groups is 1. The number of benzene rings is 2. The molecule has 0 saturated heterocycles. The molecule has 152 valence electrons. The third-order valence-corrected chi connectivity index (χ3v) is 7.07. The van der Waals surface area contributed by atoms with Gasteiger partial charge in [-0.1, -0.05) is 56.3 Å². The summed E-state index contributed by atoms with van der Waals surface area (Å²) >= 11 is 3.36. The zero-order valence-electron chi connectivity index (χ0n) is 16.9. The summed E-state index contributed by atoms with van der Waals surface area (Å²) in [5.41, 5.74) is 4.69. The molecule has 0 spiro atoms. The molecule has 2 heterocycles. The van der Waals surface area contributed by atoms with Crippen LogP contribution in [0.3, 0.4) is 0 Å². The summed E-state index contributed by atoms with van der Waals surface area (Å²) in [5.74, 6) is -0.379. The zero-order valence-corrected chi connectivity index (χ0v) is 18.5. The zero-order chi connectivity index (χ0) is 21.1. The molecule has 1 atom stereocenters. The maximum absolute atomic E-state index is 11.5. The summed E-state index contributed by atoms with van der Waals surface area (Å²) in [7, 11) is 0. The smallest absolute Gasteiger partial charge is 0.335 e. The predicted octanol–water partition coefficient (Wildman–Crippen LogP) is 7.07. The van der Waals surface area contributed by atoms with Crippen LogP contribution in [0.2, 0.25) is 0 Å². The highest BCUT2D eigenvalue weighted by Gasteiger charge is 2.21. The van der Waals surface area contributed by atoms with Crippen molar-refractivity contribution in [3.05, 3.63) is 98.0 Å². The van der Waals surface area contributed by atoms with Crippen molar-refractivity contribution in [2.45, 2.75) is 32.1 Å². The van der Waals surface area contributed by atoms with Crippen LogP contribution in [0, 0.1) is 0 Å². The highest BCUT2D eigenvalue weighted by Crippen LogP contribution is 2.35. The minimum absolute atomic E-state index is 0.0247. The summed E-state index contributed by atoms with van der Waals surface area (Å²) in [6.07, 6.45) is 0.806. The van der Waals surface area contributed by atoms with Crippen LogP contribution in [0.25, 0.3) is 11.3 Å². The van der Waals surface area contributed by atoms with Crippen molar-refractivity contribution < 1.29 is 9.90 Å². The summed E-state index contributed by atoms with van der Waals surface area (Å²) in [6, 6.07) is 20.0. The van der Waals surface area contributed by atoms with Crippen LogP contribution in [0.5, 0.6) is 0 Å². The van der Waals surface area contributed by atoms with Gasteiger partial charge in [-0.2, -0.15) is 0 Å². The van der Waals surface area contributed by atoms with Crippen molar-refractivity contribution in [2.75, 3.05) is 0 Å². The molecule has 0 aliphatic heterocycles. The highest BCUT2D eigenvalue weighted by molar-refractivity contribution is 7.10. The van der Waals surface area contributed by atoms with E-state index in [1.807, 2.05) is 18.2 Å². The van der Waals surface area contributed by atoms with E-state index in [4.69, 9.17) is 4.98 Å². The Morgan fingerprint density at radius 3 is 2.47 bits per heavy atom. The third kappa shape index (κ3) is 4.53. The summed E-state index contributed by atoms with van der Waals surface area (Å²) < 4.78 is 0. The number of hydrogen-bond donors (Lipinski definition) is 1. The quantitative estimate of drug-likeness (QED) is 0.339. The Labute approximate surface area is 184 Å². The monoisotopic (exact) mass is 433 g/mol. The number of hydrogen-bond acceptors (Lipinski definition) is 4. The van der Waals surface area contributed by atoms with E-state index in [-0.39, 0.29) is 5.92 Å². The second-order valence-corrected chi connectivity index (χ2v) is 9.54. The molecule has 0 radical (unpaired) electrons. The fourth-order valence-corrected chi connectivity index (χ4v) is 5.19. The maximum atomic E-state index is 11.5. The predicted molar refractivity (Wildman–Crippen MR) is 125 cm³/mol. The lowest BCUT2D eigenvalue weighted by Crippen LogP contribution is -2.06. The molecule has 5 heteroatoms. The van der Waals surface area contributed by atoms with Crippen molar-refractivity contribution in [1.29, 1.82) is 0 Å². The topological polar surface area (TPSA) is 50.2 Å². The lowest BCUT2D eigenvalue weighted by molar-refractivity contribution is 0.0696. The average molecular weight is 434 g/mol. The number of nitrogens with zero attached hydrogens (tertiary/aromatic N) is 1. The van der Waals surface area contributed by atoms with Crippen LogP contribution in [-0.2, 0) is 6.42 Å². The van der Waals surface area contributed by atoms with Crippen LogP contribution in [0.15, 0.2) is 71.4 Å². The van der Waals surface area contributed by atoms with E-state index in [1.165, 1.54) is 10.4 Å². The molecule has 2 aromatic heterocycles. The van der Waals surface area contributed by atoms with E-state index in [0.29, 0.717) is 11.5 Å². The summed E-state index contributed by atoms with van der Waals surface area (Å²) in [5, 5.41) is 14.6. The molecule has 0 saturated carbocycles. The third-order valence-electron chi connectivity index (χ3n) is 5.21. The van der Waals surface area contributed by atoms with Gasteiger partial charge in [-0.15, -0.1) is 22.7 Å². The first-order valence-corrected chi connectivity index (χ1v) is 11.7. The second kappa shape index (κ2) is 8.94. The Morgan fingerprint density at radius 1 is 1.00 bits per heavy atom. The molecule has 2 aromatic carbocycles. The van der Waals surface area contributed by atoms with Gasteiger partial charge in [0.2, 0.25) is 0 Å². The molecule has 0 fully saturated rings. The van der Waals surface area contributed by atoms with Gasteiger partial charge in [0.05, 0.1) is 11.3 Å². The Hall–Kier alpha value is -2.76. The highest BCUT2D eigenvalue weighted by atomic mass is 32.1. The van der Waals surface area contributed by atoms with Crippen molar-refractivity contribution in [1.82, 2.24) is 4.98 Å².